The second kappa shape index (κ2) is 5.81. The number of nitrogens with zero attached hydrogens (tertiary/aromatic N) is 3. The van der Waals surface area contributed by atoms with Gasteiger partial charge in [0, 0.05) is 30.5 Å². The molecule has 2 aromatic heterocycles. The maximum absolute atomic E-state index is 12.9. The molecule has 0 spiro atoms. The first kappa shape index (κ1) is 16.3. The molecule has 0 aliphatic carbocycles. The third kappa shape index (κ3) is 2.60. The van der Waals surface area contributed by atoms with E-state index in [9.17, 15) is 14.7 Å². The van der Waals surface area contributed by atoms with E-state index in [0.29, 0.717) is 23.7 Å². The fourth-order valence-electron chi connectivity index (χ4n) is 3.41. The van der Waals surface area contributed by atoms with Crippen LogP contribution in [0.15, 0.2) is 16.7 Å². The Hall–Kier alpha value is -2.57. The van der Waals surface area contributed by atoms with Crippen molar-refractivity contribution in [3.05, 3.63) is 34.8 Å². The van der Waals surface area contributed by atoms with Crippen molar-refractivity contribution >= 4 is 11.9 Å². The van der Waals surface area contributed by atoms with Crippen LogP contribution < -0.4 is 0 Å². The standard InChI is InChI=1S/C17H21N3O4/c1-9-7-19(8-14(9)17(22)23)16(21)13-5-10(2)20(12(13)4)15-6-11(3)24-18-15/h5-6,9,14H,7-8H2,1-4H3,(H,22,23)/t9-,14-/m1/s1. The predicted octanol–water partition coefficient (Wildman–Crippen LogP) is 2.18. The first-order chi connectivity index (χ1) is 11.3. The molecule has 1 fully saturated rings. The van der Waals surface area contributed by atoms with Gasteiger partial charge in [-0.1, -0.05) is 12.1 Å². The topological polar surface area (TPSA) is 88.6 Å². The Morgan fingerprint density at radius 3 is 2.50 bits per heavy atom. The number of aliphatic carboxylic acids is 1. The zero-order valence-corrected chi connectivity index (χ0v) is 14.2. The molecule has 0 radical (unpaired) electrons. The lowest BCUT2D eigenvalue weighted by atomic mass is 9.99. The van der Waals surface area contributed by atoms with Gasteiger partial charge in [-0.25, -0.2) is 0 Å². The number of carbonyl (C=O) groups is 2. The fourth-order valence-corrected chi connectivity index (χ4v) is 3.41. The number of carboxylic acids is 1. The van der Waals surface area contributed by atoms with Crippen LogP contribution in [0.2, 0.25) is 0 Å². The van der Waals surface area contributed by atoms with Crippen molar-refractivity contribution < 1.29 is 19.2 Å². The number of aryl methyl sites for hydroxylation is 2. The molecule has 0 unspecified atom stereocenters. The van der Waals surface area contributed by atoms with Gasteiger partial charge < -0.3 is 14.5 Å². The van der Waals surface area contributed by atoms with Gasteiger partial charge in [0.15, 0.2) is 5.82 Å². The highest BCUT2D eigenvalue weighted by atomic mass is 16.5. The van der Waals surface area contributed by atoms with Crippen LogP contribution in [0.1, 0.15) is 34.4 Å². The van der Waals surface area contributed by atoms with E-state index in [1.54, 1.807) is 4.90 Å². The molecular weight excluding hydrogens is 310 g/mol. The van der Waals surface area contributed by atoms with E-state index in [0.717, 1.165) is 11.4 Å². The number of rotatable bonds is 3. The number of likely N-dealkylation sites (tertiary alicyclic amines) is 1. The largest absolute Gasteiger partial charge is 0.481 e. The third-order valence-electron chi connectivity index (χ3n) is 4.72. The third-order valence-corrected chi connectivity index (χ3v) is 4.72. The second-order valence-corrected chi connectivity index (χ2v) is 6.55. The Labute approximate surface area is 139 Å². The molecule has 7 nitrogen and oxygen atoms in total. The maximum atomic E-state index is 12.9. The smallest absolute Gasteiger partial charge is 0.308 e. The van der Waals surface area contributed by atoms with Crippen LogP contribution in [-0.2, 0) is 4.79 Å². The minimum absolute atomic E-state index is 0.0480. The van der Waals surface area contributed by atoms with Crippen LogP contribution in [0.4, 0.5) is 0 Å². The molecule has 1 aliphatic rings. The Kier molecular flexibility index (Phi) is 3.95. The number of hydrogen-bond donors (Lipinski definition) is 1. The first-order valence-corrected chi connectivity index (χ1v) is 7.94. The number of hydrogen-bond acceptors (Lipinski definition) is 4. The molecule has 7 heteroatoms. The summed E-state index contributed by atoms with van der Waals surface area (Å²) in [4.78, 5) is 25.8. The molecule has 0 aromatic carbocycles. The zero-order valence-electron chi connectivity index (χ0n) is 14.2. The second-order valence-electron chi connectivity index (χ2n) is 6.55. The SMILES string of the molecule is Cc1cc(-n2c(C)cc(C(=O)N3C[C@@H](C)[C@H](C(=O)O)C3)c2C)no1. The van der Waals surface area contributed by atoms with Crippen molar-refractivity contribution in [1.82, 2.24) is 14.6 Å². The van der Waals surface area contributed by atoms with Gasteiger partial charge in [0.1, 0.15) is 5.76 Å². The van der Waals surface area contributed by atoms with Crippen LogP contribution in [0.3, 0.4) is 0 Å². The summed E-state index contributed by atoms with van der Waals surface area (Å²) in [6, 6.07) is 3.63. The van der Waals surface area contributed by atoms with Crippen LogP contribution in [0.5, 0.6) is 0 Å². The summed E-state index contributed by atoms with van der Waals surface area (Å²) in [7, 11) is 0. The number of aromatic nitrogens is 2. The van der Waals surface area contributed by atoms with Gasteiger partial charge in [0.2, 0.25) is 0 Å². The van der Waals surface area contributed by atoms with E-state index in [-0.39, 0.29) is 18.4 Å². The molecule has 24 heavy (non-hydrogen) atoms. The number of carbonyl (C=O) groups excluding carboxylic acids is 1. The summed E-state index contributed by atoms with van der Waals surface area (Å²) >= 11 is 0. The summed E-state index contributed by atoms with van der Waals surface area (Å²) < 4.78 is 6.99. The van der Waals surface area contributed by atoms with E-state index in [2.05, 4.69) is 5.16 Å². The average Bonchev–Trinajstić information content (AvgIpc) is 3.17. The lowest BCUT2D eigenvalue weighted by molar-refractivity contribution is -0.142. The van der Waals surface area contributed by atoms with Crippen LogP contribution in [0, 0.1) is 32.6 Å². The summed E-state index contributed by atoms with van der Waals surface area (Å²) in [6.07, 6.45) is 0. The van der Waals surface area contributed by atoms with Gasteiger partial charge >= 0.3 is 5.97 Å². The Bertz CT molecular complexity index is 805. The summed E-state index contributed by atoms with van der Waals surface area (Å²) in [5.41, 5.74) is 2.23. The van der Waals surface area contributed by atoms with Crippen molar-refractivity contribution in [3.63, 3.8) is 0 Å². The fraction of sp³-hybridized carbons (Fsp3) is 0.471. The van der Waals surface area contributed by atoms with Crippen molar-refractivity contribution in [2.75, 3.05) is 13.1 Å². The van der Waals surface area contributed by atoms with E-state index >= 15 is 0 Å². The van der Waals surface area contributed by atoms with Crippen LogP contribution in [-0.4, -0.2) is 44.7 Å². The van der Waals surface area contributed by atoms with E-state index in [1.165, 1.54) is 0 Å². The lowest BCUT2D eigenvalue weighted by Gasteiger charge is -2.16. The molecular formula is C17H21N3O4. The number of amides is 1. The minimum Gasteiger partial charge on any atom is -0.481 e. The average molecular weight is 331 g/mol. The van der Waals surface area contributed by atoms with E-state index in [1.807, 2.05) is 44.4 Å². The Morgan fingerprint density at radius 2 is 1.96 bits per heavy atom. The van der Waals surface area contributed by atoms with E-state index < -0.39 is 11.9 Å². The first-order valence-electron chi connectivity index (χ1n) is 7.94. The zero-order chi connectivity index (χ0) is 17.6. The van der Waals surface area contributed by atoms with Gasteiger partial charge in [-0.05, 0) is 32.8 Å². The normalized spacial score (nSPS) is 20.6. The summed E-state index contributed by atoms with van der Waals surface area (Å²) in [5, 5.41) is 13.3. The van der Waals surface area contributed by atoms with Gasteiger partial charge in [0.05, 0.1) is 11.5 Å². The summed E-state index contributed by atoms with van der Waals surface area (Å²) in [6.45, 7) is 8.16. The molecule has 3 rings (SSSR count). The number of carboxylic acid groups (broad SMARTS) is 1. The van der Waals surface area contributed by atoms with E-state index in [4.69, 9.17) is 4.52 Å². The highest BCUT2D eigenvalue weighted by molar-refractivity contribution is 5.96. The molecule has 1 amide bonds. The molecule has 3 heterocycles. The Morgan fingerprint density at radius 1 is 1.25 bits per heavy atom. The Balaban J connectivity index is 1.91. The predicted molar refractivity (Wildman–Crippen MR) is 86.2 cm³/mol. The van der Waals surface area contributed by atoms with Crippen molar-refractivity contribution in [2.24, 2.45) is 11.8 Å². The van der Waals surface area contributed by atoms with Crippen molar-refractivity contribution in [2.45, 2.75) is 27.7 Å². The monoisotopic (exact) mass is 331 g/mol. The van der Waals surface area contributed by atoms with Gasteiger partial charge in [-0.3, -0.25) is 14.2 Å². The molecule has 1 N–H and O–H groups in total. The molecule has 2 atom stereocenters. The minimum atomic E-state index is -0.846. The maximum Gasteiger partial charge on any atom is 0.308 e. The molecule has 2 aromatic rings. The van der Waals surface area contributed by atoms with Crippen LogP contribution >= 0.6 is 0 Å². The van der Waals surface area contributed by atoms with Crippen molar-refractivity contribution in [3.8, 4) is 5.82 Å². The highest BCUT2D eigenvalue weighted by Crippen LogP contribution is 2.27. The van der Waals surface area contributed by atoms with Gasteiger partial charge in [-0.2, -0.15) is 0 Å². The molecule has 1 aliphatic heterocycles. The lowest BCUT2D eigenvalue weighted by Crippen LogP contribution is -2.30. The summed E-state index contributed by atoms with van der Waals surface area (Å²) in [5.74, 6) is -0.196. The van der Waals surface area contributed by atoms with Crippen LogP contribution in [0.25, 0.3) is 5.82 Å². The molecule has 0 bridgehead atoms. The van der Waals surface area contributed by atoms with Crippen molar-refractivity contribution in [1.29, 1.82) is 0 Å². The quantitative estimate of drug-likeness (QED) is 0.931. The molecule has 0 saturated carbocycles. The molecule has 1 saturated heterocycles. The highest BCUT2D eigenvalue weighted by Gasteiger charge is 2.38. The van der Waals surface area contributed by atoms with Gasteiger partial charge in [-0.15, -0.1) is 0 Å². The van der Waals surface area contributed by atoms with Gasteiger partial charge in [0.25, 0.3) is 5.91 Å². The molecule has 128 valence electrons.